The van der Waals surface area contributed by atoms with Gasteiger partial charge >= 0.3 is 0 Å². The second-order valence-electron chi connectivity index (χ2n) is 5.49. The van der Waals surface area contributed by atoms with Crippen molar-refractivity contribution in [2.45, 2.75) is 54.4 Å². The first-order chi connectivity index (χ1) is 5.75. The normalized spacial score (nSPS) is 14.7. The molecule has 0 spiro atoms. The summed E-state index contributed by atoms with van der Waals surface area (Å²) in [4.78, 5) is 1.23. The van der Waals surface area contributed by atoms with E-state index in [1.165, 1.54) is 17.7 Å². The van der Waals surface area contributed by atoms with Gasteiger partial charge in [-0.1, -0.05) is 60.2 Å². The number of hydrogen-bond donors (Lipinski definition) is 0. The molecule has 0 aromatic heterocycles. The summed E-state index contributed by atoms with van der Waals surface area (Å²) >= 11 is 5.47. The molecule has 0 amide bonds. The van der Waals surface area contributed by atoms with Crippen molar-refractivity contribution < 1.29 is 0 Å². The van der Waals surface area contributed by atoms with Gasteiger partial charge in [-0.3, -0.25) is 0 Å². The van der Waals surface area contributed by atoms with Crippen LogP contribution in [0.3, 0.4) is 0 Å². The van der Waals surface area contributed by atoms with Crippen molar-refractivity contribution in [3.05, 3.63) is 0 Å². The van der Waals surface area contributed by atoms with Gasteiger partial charge in [0.2, 0.25) is 0 Å². The molecule has 0 rings (SSSR count). The van der Waals surface area contributed by atoms with Crippen LogP contribution in [0.25, 0.3) is 0 Å². The van der Waals surface area contributed by atoms with E-state index in [1.807, 2.05) is 0 Å². The van der Waals surface area contributed by atoms with Crippen LogP contribution in [0.15, 0.2) is 0 Å². The average molecular weight is 200 g/mol. The topological polar surface area (TPSA) is 0 Å². The smallest absolute Gasteiger partial charge is 0.00101 e. The molecule has 0 radical (unpaired) electrons. The highest BCUT2D eigenvalue weighted by Crippen LogP contribution is 2.25. The molecule has 78 valence electrons. The highest BCUT2D eigenvalue weighted by atomic mass is 32.1. The highest BCUT2D eigenvalue weighted by Gasteiger charge is 2.21. The fraction of sp³-hybridized carbons (Fsp3) is 0.917. The van der Waals surface area contributed by atoms with Gasteiger partial charge < -0.3 is 0 Å². The van der Waals surface area contributed by atoms with Crippen LogP contribution in [-0.4, -0.2) is 4.86 Å². The van der Waals surface area contributed by atoms with Crippen molar-refractivity contribution in [2.24, 2.45) is 17.3 Å². The van der Waals surface area contributed by atoms with Crippen LogP contribution in [0.2, 0.25) is 0 Å². The molecule has 0 saturated carbocycles. The molecule has 0 fully saturated rings. The Hall–Kier alpha value is 0.0900. The van der Waals surface area contributed by atoms with E-state index < -0.39 is 0 Å². The first-order valence-electron chi connectivity index (χ1n) is 5.29. The SMILES string of the molecule is CC(C)CC[C@H](C)C(=S)C(C)(C)C. The Balaban J connectivity index is 3.98. The standard InChI is InChI=1S/C12H24S/c1-9(2)7-8-10(3)11(13)12(4,5)6/h9-10H,7-8H2,1-6H3/t10-/m0/s1. The van der Waals surface area contributed by atoms with Gasteiger partial charge in [-0.05, 0) is 23.7 Å². The zero-order valence-corrected chi connectivity index (χ0v) is 10.8. The molecule has 0 aromatic rings. The quantitative estimate of drug-likeness (QED) is 0.603. The molecule has 0 bridgehead atoms. The van der Waals surface area contributed by atoms with Gasteiger partial charge in [0.25, 0.3) is 0 Å². The summed E-state index contributed by atoms with van der Waals surface area (Å²) < 4.78 is 0. The van der Waals surface area contributed by atoms with Crippen LogP contribution in [0.1, 0.15) is 54.4 Å². The van der Waals surface area contributed by atoms with Crippen LogP contribution in [0.5, 0.6) is 0 Å². The van der Waals surface area contributed by atoms with Crippen molar-refractivity contribution in [1.29, 1.82) is 0 Å². The predicted molar refractivity (Wildman–Crippen MR) is 65.3 cm³/mol. The van der Waals surface area contributed by atoms with Crippen LogP contribution in [0, 0.1) is 17.3 Å². The zero-order chi connectivity index (χ0) is 10.6. The Labute approximate surface area is 89.1 Å². The van der Waals surface area contributed by atoms with Crippen LogP contribution >= 0.6 is 12.2 Å². The molecule has 0 heterocycles. The second kappa shape index (κ2) is 5.09. The summed E-state index contributed by atoms with van der Waals surface area (Å²) in [5, 5.41) is 0. The summed E-state index contributed by atoms with van der Waals surface area (Å²) in [5.41, 5.74) is 0.200. The van der Waals surface area contributed by atoms with Crippen molar-refractivity contribution in [2.75, 3.05) is 0 Å². The molecule has 13 heavy (non-hydrogen) atoms. The lowest BCUT2D eigenvalue weighted by molar-refractivity contribution is 0.487. The molecule has 0 aromatic carbocycles. The monoisotopic (exact) mass is 200 g/mol. The maximum Gasteiger partial charge on any atom is 0.00101 e. The number of rotatable bonds is 4. The van der Waals surface area contributed by atoms with Gasteiger partial charge in [0.1, 0.15) is 0 Å². The van der Waals surface area contributed by atoms with E-state index in [1.54, 1.807) is 0 Å². The minimum absolute atomic E-state index is 0.200. The summed E-state index contributed by atoms with van der Waals surface area (Å²) in [7, 11) is 0. The lowest BCUT2D eigenvalue weighted by Gasteiger charge is -2.25. The van der Waals surface area contributed by atoms with E-state index in [2.05, 4.69) is 41.5 Å². The van der Waals surface area contributed by atoms with E-state index in [-0.39, 0.29) is 5.41 Å². The second-order valence-corrected chi connectivity index (χ2v) is 5.93. The number of thiocarbonyl (C=S) groups is 1. The zero-order valence-electron chi connectivity index (χ0n) is 9.98. The van der Waals surface area contributed by atoms with Crippen molar-refractivity contribution in [3.63, 3.8) is 0 Å². The van der Waals surface area contributed by atoms with Gasteiger partial charge in [0.05, 0.1) is 0 Å². The molecule has 1 heteroatoms. The van der Waals surface area contributed by atoms with E-state index in [4.69, 9.17) is 12.2 Å². The van der Waals surface area contributed by atoms with Gasteiger partial charge in [-0.15, -0.1) is 0 Å². The van der Waals surface area contributed by atoms with Gasteiger partial charge in [-0.2, -0.15) is 0 Å². The molecule has 0 aliphatic carbocycles. The summed E-state index contributed by atoms with van der Waals surface area (Å²) in [6.45, 7) is 13.4. The van der Waals surface area contributed by atoms with Crippen molar-refractivity contribution in [1.82, 2.24) is 0 Å². The number of hydrogen-bond acceptors (Lipinski definition) is 1. The fourth-order valence-electron chi connectivity index (χ4n) is 1.45. The maximum atomic E-state index is 5.47. The molecule has 0 aliphatic rings. The maximum absolute atomic E-state index is 5.47. The van der Waals surface area contributed by atoms with Gasteiger partial charge in [-0.25, -0.2) is 0 Å². The van der Waals surface area contributed by atoms with Crippen LogP contribution in [-0.2, 0) is 0 Å². The lowest BCUT2D eigenvalue weighted by atomic mass is 9.82. The minimum Gasteiger partial charge on any atom is -0.0888 e. The Bertz CT molecular complexity index is 162. The van der Waals surface area contributed by atoms with E-state index in [0.29, 0.717) is 5.92 Å². The summed E-state index contributed by atoms with van der Waals surface area (Å²) in [6.07, 6.45) is 2.53. The summed E-state index contributed by atoms with van der Waals surface area (Å²) in [6, 6.07) is 0. The Kier molecular flexibility index (Phi) is 5.13. The third-order valence-electron chi connectivity index (χ3n) is 2.36. The first-order valence-corrected chi connectivity index (χ1v) is 5.70. The third-order valence-corrected chi connectivity index (χ3v) is 3.38. The lowest BCUT2D eigenvalue weighted by Crippen LogP contribution is -2.24. The fourth-order valence-corrected chi connectivity index (χ4v) is 1.57. The molecule has 0 N–H and O–H groups in total. The van der Waals surface area contributed by atoms with Crippen molar-refractivity contribution >= 4 is 17.1 Å². The van der Waals surface area contributed by atoms with Gasteiger partial charge in [0.15, 0.2) is 0 Å². The molecule has 0 unspecified atom stereocenters. The molecule has 0 nitrogen and oxygen atoms in total. The van der Waals surface area contributed by atoms with Gasteiger partial charge in [0, 0.05) is 4.86 Å². The molecule has 0 saturated heterocycles. The Morgan fingerprint density at radius 3 is 1.85 bits per heavy atom. The molecular weight excluding hydrogens is 176 g/mol. The highest BCUT2D eigenvalue weighted by molar-refractivity contribution is 7.80. The average Bonchev–Trinajstić information content (AvgIpc) is 1.96. The van der Waals surface area contributed by atoms with E-state index in [9.17, 15) is 0 Å². The van der Waals surface area contributed by atoms with Crippen molar-refractivity contribution in [3.8, 4) is 0 Å². The summed E-state index contributed by atoms with van der Waals surface area (Å²) in [5.74, 6) is 1.39. The largest absolute Gasteiger partial charge is 0.0888 e. The van der Waals surface area contributed by atoms with E-state index >= 15 is 0 Å². The Morgan fingerprint density at radius 2 is 1.54 bits per heavy atom. The van der Waals surface area contributed by atoms with Crippen LogP contribution < -0.4 is 0 Å². The molecule has 1 atom stereocenters. The molecular formula is C12H24S. The molecule has 0 aliphatic heterocycles. The predicted octanol–water partition coefficient (Wildman–Crippen LogP) is 4.47. The minimum atomic E-state index is 0.200. The van der Waals surface area contributed by atoms with Crippen LogP contribution in [0.4, 0.5) is 0 Å². The van der Waals surface area contributed by atoms with E-state index in [0.717, 1.165) is 5.92 Å². The Morgan fingerprint density at radius 1 is 1.08 bits per heavy atom. The first kappa shape index (κ1) is 13.1. The third kappa shape index (κ3) is 5.41.